The molecule has 0 aliphatic rings. The van der Waals surface area contributed by atoms with Gasteiger partial charge < -0.3 is 0 Å². The first-order chi connectivity index (χ1) is 15.6. The Kier molecular flexibility index (Phi) is 11.9. The Morgan fingerprint density at radius 2 is 0.324 bits per heavy atom. The quantitative estimate of drug-likeness (QED) is 0.262. The van der Waals surface area contributed by atoms with E-state index in [1.165, 1.54) is 33.4 Å². The minimum Gasteiger partial charge on any atom is -0.0561 e. The van der Waals surface area contributed by atoms with Crippen LogP contribution in [-0.2, 0) is 32.5 Å². The van der Waals surface area contributed by atoms with Crippen LogP contribution in [0, 0.1) is 36.9 Å². The normalized spacial score (nSPS) is 13.5. The molecule has 0 aliphatic carbocycles. The van der Waals surface area contributed by atoms with Gasteiger partial charge in [-0.15, -0.1) is 0 Å². The summed E-state index contributed by atoms with van der Waals surface area (Å²) in [5.41, 5.74) is 9.92. The van der Waals surface area contributed by atoms with Crippen molar-refractivity contribution in [3.8, 4) is 0 Å². The minimum atomic E-state index is 0. The second kappa shape index (κ2) is 12.0. The Hall–Kier alpha value is -0.326. The van der Waals surface area contributed by atoms with Gasteiger partial charge in [0, 0.05) is 36.9 Å². The summed E-state index contributed by atoms with van der Waals surface area (Å²) in [6.07, 6.45) is 0. The van der Waals surface area contributed by atoms with Crippen molar-refractivity contribution in [2.45, 2.75) is 157 Å². The number of benzene rings is 2. The van der Waals surface area contributed by atoms with Crippen LogP contribution in [0.3, 0.4) is 0 Å². The molecule has 0 heterocycles. The van der Waals surface area contributed by atoms with E-state index in [0.29, 0.717) is 0 Å². The zero-order chi connectivity index (χ0) is 28.7. The van der Waals surface area contributed by atoms with E-state index < -0.39 is 0 Å². The van der Waals surface area contributed by atoms with Crippen molar-refractivity contribution in [1.82, 2.24) is 0 Å². The molecular formula is C36H60Lu. The fourth-order valence-corrected chi connectivity index (χ4v) is 3.85. The van der Waals surface area contributed by atoms with E-state index in [2.05, 4.69) is 161 Å². The maximum absolute atomic E-state index is 2.38. The first kappa shape index (κ1) is 36.7. The fourth-order valence-electron chi connectivity index (χ4n) is 3.85. The zero-order valence-electron chi connectivity index (χ0n) is 27.7. The topological polar surface area (TPSA) is 0 Å². The molecule has 0 spiro atoms. The summed E-state index contributed by atoms with van der Waals surface area (Å²) in [4.78, 5) is 0. The van der Waals surface area contributed by atoms with E-state index in [0.717, 1.165) is 0 Å². The Labute approximate surface area is 262 Å². The molecular weight excluding hydrogens is 607 g/mol. The van der Waals surface area contributed by atoms with Gasteiger partial charge in [-0.2, -0.15) is 0 Å². The van der Waals surface area contributed by atoms with Crippen LogP contribution in [0.25, 0.3) is 0 Å². The van der Waals surface area contributed by atoms with Crippen LogP contribution in [0.4, 0.5) is 0 Å². The molecule has 2 aromatic rings. The molecule has 0 atom stereocenters. The van der Waals surface area contributed by atoms with Crippen molar-refractivity contribution >= 4 is 0 Å². The summed E-state index contributed by atoms with van der Waals surface area (Å²) in [6.45, 7) is 41.3. The summed E-state index contributed by atoms with van der Waals surface area (Å²) < 4.78 is 0. The van der Waals surface area contributed by atoms with Crippen LogP contribution in [0.1, 0.15) is 158 Å². The Morgan fingerprint density at radius 3 is 0.378 bits per heavy atom. The first-order valence-electron chi connectivity index (χ1n) is 14.0. The van der Waals surface area contributed by atoms with Crippen molar-refractivity contribution in [3.05, 3.63) is 69.8 Å². The molecule has 0 nitrogen and oxygen atoms in total. The van der Waals surface area contributed by atoms with Gasteiger partial charge >= 0.3 is 0 Å². The molecule has 0 aromatic heterocycles. The van der Waals surface area contributed by atoms with Gasteiger partial charge in [0.2, 0.25) is 0 Å². The molecule has 219 valence electrons. The fraction of sp³-hybridized carbons (Fsp3) is 0.667. The molecule has 1 heteroatoms. The van der Waals surface area contributed by atoms with Crippen LogP contribution >= 0.6 is 0 Å². The predicted octanol–water partition coefficient (Wildman–Crippen LogP) is 11.2. The monoisotopic (exact) mass is 667 g/mol. The van der Waals surface area contributed by atoms with Gasteiger partial charge in [0.1, 0.15) is 0 Å². The van der Waals surface area contributed by atoms with Crippen molar-refractivity contribution < 1.29 is 36.9 Å². The predicted molar refractivity (Wildman–Crippen MR) is 165 cm³/mol. The molecule has 0 amide bonds. The third-order valence-electron chi connectivity index (χ3n) is 7.06. The van der Waals surface area contributed by atoms with Gasteiger partial charge in [-0.3, -0.25) is 0 Å². The van der Waals surface area contributed by atoms with Gasteiger partial charge in [0.25, 0.3) is 0 Å². The smallest absolute Gasteiger partial charge is 0 e. The molecule has 0 aliphatic heterocycles. The molecule has 37 heavy (non-hydrogen) atoms. The van der Waals surface area contributed by atoms with E-state index in [1.807, 2.05) is 0 Å². The molecule has 0 saturated carbocycles. The van der Waals surface area contributed by atoms with Crippen LogP contribution in [0.15, 0.2) is 36.4 Å². The van der Waals surface area contributed by atoms with E-state index >= 15 is 0 Å². The van der Waals surface area contributed by atoms with E-state index in [1.54, 1.807) is 0 Å². The van der Waals surface area contributed by atoms with Gasteiger partial charge in [0.05, 0.1) is 0 Å². The molecule has 2 aromatic carbocycles. The standard InChI is InChI=1S/2C18H30.Lu/c2*1-16(2,3)13-10-14(17(4,5)6)12-15(11-13)18(7,8)9;/h2*10-12H,1-9H3;. The van der Waals surface area contributed by atoms with Crippen molar-refractivity contribution in [1.29, 1.82) is 0 Å². The van der Waals surface area contributed by atoms with Gasteiger partial charge in [-0.05, 0) is 65.9 Å². The van der Waals surface area contributed by atoms with Crippen molar-refractivity contribution in [2.75, 3.05) is 0 Å². The SMILES string of the molecule is CC(C)(C)c1cc(C(C)(C)C)cc(C(C)(C)C)c1.CC(C)(C)c1cc(C(C)(C)C)cc(C(C)(C)C)c1.[Lu]. The van der Waals surface area contributed by atoms with Gasteiger partial charge in [-0.1, -0.05) is 161 Å². The molecule has 1 radical (unpaired) electrons. The molecule has 0 fully saturated rings. The zero-order valence-corrected chi connectivity index (χ0v) is 29.4. The molecule has 0 N–H and O–H groups in total. The third kappa shape index (κ3) is 11.4. The minimum absolute atomic E-state index is 0. The van der Waals surface area contributed by atoms with E-state index in [9.17, 15) is 0 Å². The molecule has 0 unspecified atom stereocenters. The number of hydrogen-bond acceptors (Lipinski definition) is 0. The maximum atomic E-state index is 2.38. The van der Waals surface area contributed by atoms with Crippen LogP contribution in [0.2, 0.25) is 0 Å². The van der Waals surface area contributed by atoms with E-state index in [4.69, 9.17) is 0 Å². The molecule has 2 rings (SSSR count). The molecule has 0 saturated heterocycles. The largest absolute Gasteiger partial charge is 0.0561 e. The average molecular weight is 668 g/mol. The third-order valence-corrected chi connectivity index (χ3v) is 7.06. The summed E-state index contributed by atoms with van der Waals surface area (Å²) in [5.74, 6) is 0. The summed E-state index contributed by atoms with van der Waals surface area (Å²) in [7, 11) is 0. The Balaban J connectivity index is 0.000000682. The number of rotatable bonds is 0. The van der Waals surface area contributed by atoms with Gasteiger partial charge in [0.15, 0.2) is 0 Å². The van der Waals surface area contributed by atoms with Crippen LogP contribution in [-0.4, -0.2) is 0 Å². The second-order valence-corrected chi connectivity index (χ2v) is 17.1. The second-order valence-electron chi connectivity index (χ2n) is 17.1. The van der Waals surface area contributed by atoms with E-state index in [-0.39, 0.29) is 69.4 Å². The van der Waals surface area contributed by atoms with Crippen LogP contribution < -0.4 is 0 Å². The van der Waals surface area contributed by atoms with Crippen molar-refractivity contribution in [2.24, 2.45) is 0 Å². The van der Waals surface area contributed by atoms with Gasteiger partial charge in [-0.25, -0.2) is 0 Å². The first-order valence-corrected chi connectivity index (χ1v) is 14.0. The summed E-state index contributed by atoms with van der Waals surface area (Å²) in [5, 5.41) is 0. The average Bonchev–Trinajstić information content (AvgIpc) is 2.63. The molecule has 0 bridgehead atoms. The summed E-state index contributed by atoms with van der Waals surface area (Å²) >= 11 is 0. The van der Waals surface area contributed by atoms with Crippen molar-refractivity contribution in [3.63, 3.8) is 0 Å². The number of hydrogen-bond donors (Lipinski definition) is 0. The Morgan fingerprint density at radius 1 is 0.243 bits per heavy atom. The Bertz CT molecular complexity index is 768. The van der Waals surface area contributed by atoms with Crippen LogP contribution in [0.5, 0.6) is 0 Å². The maximum Gasteiger partial charge on any atom is 0 e. The summed E-state index contributed by atoms with van der Waals surface area (Å²) in [6, 6.07) is 14.3.